The van der Waals surface area contributed by atoms with Gasteiger partial charge in [0.25, 0.3) is 5.92 Å². The molecule has 0 aromatic heterocycles. The van der Waals surface area contributed by atoms with Gasteiger partial charge in [0.1, 0.15) is 12.6 Å². The summed E-state index contributed by atoms with van der Waals surface area (Å²) in [6.45, 7) is 0.0208. The molecule has 5 nitrogen and oxygen atoms in total. The summed E-state index contributed by atoms with van der Waals surface area (Å²) in [6, 6.07) is 7.76. The zero-order valence-corrected chi connectivity index (χ0v) is 12.2. The van der Waals surface area contributed by atoms with E-state index in [1.807, 2.05) is 6.07 Å². The molecule has 1 aromatic rings. The van der Waals surface area contributed by atoms with Crippen molar-refractivity contribution in [2.75, 3.05) is 0 Å². The van der Waals surface area contributed by atoms with Crippen LogP contribution in [0.1, 0.15) is 18.4 Å². The van der Waals surface area contributed by atoms with Crippen LogP contribution in [0.15, 0.2) is 30.3 Å². The standard InChI is InChI=1S/C16H17F2NO4/c17-16(18)11-6-10(7-12(11)16)13(14(20)21)19-15(22)23-8-9-4-2-1-3-5-9/h1-5,10-13H,6-8H2,(H,19,22)(H,20,21). The highest BCUT2D eigenvalue weighted by Gasteiger charge is 2.72. The number of ether oxygens (including phenoxy) is 1. The highest BCUT2D eigenvalue weighted by Crippen LogP contribution is 2.66. The molecule has 0 bridgehead atoms. The van der Waals surface area contributed by atoms with Gasteiger partial charge in [-0.2, -0.15) is 0 Å². The summed E-state index contributed by atoms with van der Waals surface area (Å²) in [7, 11) is 0. The van der Waals surface area contributed by atoms with Gasteiger partial charge >= 0.3 is 12.1 Å². The topological polar surface area (TPSA) is 75.6 Å². The lowest BCUT2D eigenvalue weighted by Gasteiger charge is -2.22. The van der Waals surface area contributed by atoms with E-state index < -0.39 is 41.8 Å². The van der Waals surface area contributed by atoms with Crippen molar-refractivity contribution in [1.82, 2.24) is 5.32 Å². The van der Waals surface area contributed by atoms with Gasteiger partial charge in [-0.3, -0.25) is 0 Å². The van der Waals surface area contributed by atoms with Crippen molar-refractivity contribution in [1.29, 1.82) is 0 Å². The van der Waals surface area contributed by atoms with E-state index in [1.165, 1.54) is 0 Å². The van der Waals surface area contributed by atoms with Crippen LogP contribution in [-0.4, -0.2) is 29.1 Å². The molecule has 7 heteroatoms. The van der Waals surface area contributed by atoms with Crippen LogP contribution in [0, 0.1) is 17.8 Å². The summed E-state index contributed by atoms with van der Waals surface area (Å²) in [6.07, 6.45) is -0.616. The van der Waals surface area contributed by atoms with Gasteiger partial charge in [-0.1, -0.05) is 30.3 Å². The minimum Gasteiger partial charge on any atom is -0.480 e. The maximum Gasteiger partial charge on any atom is 0.408 e. The number of halogens is 2. The number of rotatable bonds is 5. The highest BCUT2D eigenvalue weighted by molar-refractivity contribution is 5.80. The Bertz CT molecular complexity index is 593. The zero-order valence-electron chi connectivity index (χ0n) is 12.2. The summed E-state index contributed by atoms with van der Waals surface area (Å²) >= 11 is 0. The fourth-order valence-electron chi connectivity index (χ4n) is 3.40. The molecule has 3 rings (SSSR count). The third kappa shape index (κ3) is 3.13. The molecule has 1 amide bonds. The van der Waals surface area contributed by atoms with Gasteiger partial charge in [0.05, 0.1) is 0 Å². The van der Waals surface area contributed by atoms with Gasteiger partial charge in [-0.15, -0.1) is 0 Å². The van der Waals surface area contributed by atoms with Crippen LogP contribution >= 0.6 is 0 Å². The van der Waals surface area contributed by atoms with Gasteiger partial charge < -0.3 is 15.2 Å². The third-order valence-corrected chi connectivity index (χ3v) is 4.70. The van der Waals surface area contributed by atoms with Crippen molar-refractivity contribution in [3.05, 3.63) is 35.9 Å². The second-order valence-corrected chi connectivity index (χ2v) is 6.14. The van der Waals surface area contributed by atoms with Crippen LogP contribution in [0.5, 0.6) is 0 Å². The lowest BCUT2D eigenvalue weighted by Crippen LogP contribution is -2.46. The maximum absolute atomic E-state index is 13.2. The highest BCUT2D eigenvalue weighted by atomic mass is 19.3. The summed E-state index contributed by atoms with van der Waals surface area (Å²) in [5, 5.41) is 11.5. The van der Waals surface area contributed by atoms with Gasteiger partial charge in [-0.25, -0.2) is 18.4 Å². The van der Waals surface area contributed by atoms with E-state index in [0.29, 0.717) is 0 Å². The average molecular weight is 325 g/mol. The molecule has 2 saturated carbocycles. The molecule has 2 N–H and O–H groups in total. The predicted molar refractivity (Wildman–Crippen MR) is 75.8 cm³/mol. The average Bonchev–Trinajstić information content (AvgIpc) is 2.90. The Balaban J connectivity index is 1.52. The molecule has 2 aliphatic rings. The van der Waals surface area contributed by atoms with Gasteiger partial charge in [0.15, 0.2) is 0 Å². The number of benzene rings is 1. The number of hydrogen-bond donors (Lipinski definition) is 2. The molecular formula is C16H17F2NO4. The van der Waals surface area contributed by atoms with E-state index in [2.05, 4.69) is 5.32 Å². The fourth-order valence-corrected chi connectivity index (χ4v) is 3.40. The van der Waals surface area contributed by atoms with Crippen molar-refractivity contribution in [2.24, 2.45) is 17.8 Å². The minimum absolute atomic E-state index is 0.0208. The van der Waals surface area contributed by atoms with E-state index in [9.17, 15) is 23.5 Å². The SMILES string of the molecule is O=C(NC(C(=O)O)C1CC2C(C1)C2(F)F)OCc1ccccc1. The van der Waals surface area contributed by atoms with Crippen molar-refractivity contribution in [3.63, 3.8) is 0 Å². The molecule has 124 valence electrons. The second-order valence-electron chi connectivity index (χ2n) is 6.14. The molecule has 23 heavy (non-hydrogen) atoms. The molecular weight excluding hydrogens is 308 g/mol. The summed E-state index contributed by atoms with van der Waals surface area (Å²) in [5.74, 6) is -5.84. The lowest BCUT2D eigenvalue weighted by atomic mass is 9.94. The summed E-state index contributed by atoms with van der Waals surface area (Å²) in [5.41, 5.74) is 0.774. The number of hydrogen-bond acceptors (Lipinski definition) is 3. The number of alkyl carbamates (subject to hydrolysis) is 1. The smallest absolute Gasteiger partial charge is 0.408 e. The third-order valence-electron chi connectivity index (χ3n) is 4.70. The zero-order chi connectivity index (χ0) is 16.6. The van der Waals surface area contributed by atoms with E-state index in [4.69, 9.17) is 4.74 Å². The Morgan fingerprint density at radius 3 is 2.43 bits per heavy atom. The Kier molecular flexibility index (Phi) is 3.95. The maximum atomic E-state index is 13.2. The van der Waals surface area contributed by atoms with E-state index in [0.717, 1.165) is 5.56 Å². The minimum atomic E-state index is -2.66. The van der Waals surface area contributed by atoms with Crippen molar-refractivity contribution in [2.45, 2.75) is 31.4 Å². The first-order valence-electron chi connectivity index (χ1n) is 7.47. The number of carbonyl (C=O) groups is 2. The number of carboxylic acids is 1. The molecule has 2 aliphatic carbocycles. The molecule has 1 aromatic carbocycles. The molecule has 0 heterocycles. The van der Waals surface area contributed by atoms with E-state index in [-0.39, 0.29) is 19.4 Å². The Morgan fingerprint density at radius 1 is 1.26 bits per heavy atom. The molecule has 3 unspecified atom stereocenters. The van der Waals surface area contributed by atoms with Crippen LogP contribution in [0.25, 0.3) is 0 Å². The van der Waals surface area contributed by atoms with Crippen molar-refractivity contribution < 1.29 is 28.2 Å². The van der Waals surface area contributed by atoms with Crippen LogP contribution < -0.4 is 5.32 Å². The van der Waals surface area contributed by atoms with Crippen molar-refractivity contribution >= 4 is 12.1 Å². The first-order chi connectivity index (χ1) is 10.9. The van der Waals surface area contributed by atoms with E-state index in [1.54, 1.807) is 24.3 Å². The van der Waals surface area contributed by atoms with Gasteiger partial charge in [0.2, 0.25) is 0 Å². The summed E-state index contributed by atoms with van der Waals surface area (Å²) < 4.78 is 31.4. The molecule has 0 saturated heterocycles. The first kappa shape index (κ1) is 15.7. The van der Waals surface area contributed by atoms with Gasteiger partial charge in [0, 0.05) is 11.8 Å². The van der Waals surface area contributed by atoms with Gasteiger partial charge in [-0.05, 0) is 24.3 Å². The number of nitrogens with one attached hydrogen (secondary N) is 1. The number of alkyl halides is 2. The second kappa shape index (κ2) is 5.79. The lowest BCUT2D eigenvalue weighted by molar-refractivity contribution is -0.141. The number of carbonyl (C=O) groups excluding carboxylic acids is 1. The van der Waals surface area contributed by atoms with Crippen LogP contribution in [0.3, 0.4) is 0 Å². The Hall–Kier alpha value is -2.18. The Labute approximate surface area is 131 Å². The molecule has 0 radical (unpaired) electrons. The predicted octanol–water partition coefficient (Wildman–Crippen LogP) is 2.66. The van der Waals surface area contributed by atoms with Crippen LogP contribution in [0.4, 0.5) is 13.6 Å². The monoisotopic (exact) mass is 325 g/mol. The number of fused-ring (bicyclic) bond motifs is 1. The van der Waals surface area contributed by atoms with Crippen LogP contribution in [-0.2, 0) is 16.1 Å². The number of amides is 1. The number of carboxylic acid groups (broad SMARTS) is 1. The largest absolute Gasteiger partial charge is 0.480 e. The first-order valence-corrected chi connectivity index (χ1v) is 7.47. The van der Waals surface area contributed by atoms with Crippen LogP contribution in [0.2, 0.25) is 0 Å². The number of aliphatic carboxylic acids is 1. The summed E-state index contributed by atoms with van der Waals surface area (Å²) in [4.78, 5) is 23.1. The quantitative estimate of drug-likeness (QED) is 0.873. The normalized spacial score (nSPS) is 28.5. The molecule has 2 fully saturated rings. The molecule has 3 atom stereocenters. The molecule has 0 aliphatic heterocycles. The Morgan fingerprint density at radius 2 is 1.87 bits per heavy atom. The molecule has 0 spiro atoms. The van der Waals surface area contributed by atoms with E-state index >= 15 is 0 Å². The fraction of sp³-hybridized carbons (Fsp3) is 0.500. The van der Waals surface area contributed by atoms with Crippen molar-refractivity contribution in [3.8, 4) is 0 Å².